The summed E-state index contributed by atoms with van der Waals surface area (Å²) >= 11 is 0. The highest BCUT2D eigenvalue weighted by atomic mass is 16.5. The van der Waals surface area contributed by atoms with E-state index >= 15 is 0 Å². The number of rotatable bonds is 4. The number of benzene rings is 1. The van der Waals surface area contributed by atoms with E-state index in [0.29, 0.717) is 23.8 Å². The number of aliphatic hydroxyl groups is 1. The van der Waals surface area contributed by atoms with Crippen LogP contribution in [0.15, 0.2) is 30.0 Å². The minimum absolute atomic E-state index is 0.0351. The highest BCUT2D eigenvalue weighted by Gasteiger charge is 2.36. The van der Waals surface area contributed by atoms with Crippen LogP contribution in [0.4, 0.5) is 0 Å². The van der Waals surface area contributed by atoms with E-state index in [-0.39, 0.29) is 5.57 Å². The van der Waals surface area contributed by atoms with Crippen molar-refractivity contribution in [3.63, 3.8) is 0 Å². The lowest BCUT2D eigenvalue weighted by molar-refractivity contribution is -0.136. The van der Waals surface area contributed by atoms with Gasteiger partial charge in [0.25, 0.3) is 11.8 Å². The zero-order valence-corrected chi connectivity index (χ0v) is 11.7. The maximum atomic E-state index is 11.9. The van der Waals surface area contributed by atoms with E-state index in [2.05, 4.69) is 13.8 Å². The molecule has 0 spiro atoms. The van der Waals surface area contributed by atoms with Gasteiger partial charge in [0.2, 0.25) is 0 Å². The normalized spacial score (nSPS) is 15.5. The molecule has 0 fully saturated rings. The maximum Gasteiger partial charge on any atom is 0.296 e. The zero-order chi connectivity index (χ0) is 14.9. The standard InChI is InChI=1S/C15H17NO4/c1-9(2)8-20-11-6-4-10(5-7-11)12-13(17)15(19)16(3)14(12)18/h4-7,9,17H,8H2,1-3H3. The summed E-state index contributed by atoms with van der Waals surface area (Å²) in [6.07, 6.45) is 0. The molecule has 1 aromatic carbocycles. The van der Waals surface area contributed by atoms with Gasteiger partial charge in [-0.2, -0.15) is 0 Å². The SMILES string of the molecule is CC(C)COc1ccc(C2=C(O)C(=O)N(C)C2=O)cc1. The minimum Gasteiger partial charge on any atom is -0.502 e. The molecule has 2 rings (SSSR count). The molecule has 1 aromatic rings. The Kier molecular flexibility index (Phi) is 3.79. The fourth-order valence-corrected chi connectivity index (χ4v) is 1.87. The average molecular weight is 275 g/mol. The van der Waals surface area contributed by atoms with Crippen LogP contribution in [-0.2, 0) is 9.59 Å². The molecule has 0 radical (unpaired) electrons. The van der Waals surface area contributed by atoms with Crippen LogP contribution in [0.2, 0.25) is 0 Å². The van der Waals surface area contributed by atoms with Gasteiger partial charge >= 0.3 is 0 Å². The third-order valence-corrected chi connectivity index (χ3v) is 2.99. The Hall–Kier alpha value is -2.30. The fourth-order valence-electron chi connectivity index (χ4n) is 1.87. The molecule has 0 aromatic heterocycles. The Labute approximate surface area is 117 Å². The molecule has 0 saturated carbocycles. The number of likely N-dealkylation sites (N-methyl/N-ethyl adjacent to an activating group) is 1. The number of carbonyl (C=O) groups excluding carboxylic acids is 2. The van der Waals surface area contributed by atoms with Crippen molar-refractivity contribution in [1.29, 1.82) is 0 Å². The van der Waals surface area contributed by atoms with Crippen molar-refractivity contribution >= 4 is 17.4 Å². The lowest BCUT2D eigenvalue weighted by Crippen LogP contribution is -2.26. The van der Waals surface area contributed by atoms with E-state index in [0.717, 1.165) is 4.90 Å². The summed E-state index contributed by atoms with van der Waals surface area (Å²) in [5.74, 6) is -0.571. The summed E-state index contributed by atoms with van der Waals surface area (Å²) in [5.41, 5.74) is 0.537. The number of carbonyl (C=O) groups is 2. The van der Waals surface area contributed by atoms with Gasteiger partial charge in [0.15, 0.2) is 5.76 Å². The minimum atomic E-state index is -0.676. The largest absolute Gasteiger partial charge is 0.502 e. The second kappa shape index (κ2) is 5.36. The molecule has 0 bridgehead atoms. The number of hydrogen-bond acceptors (Lipinski definition) is 4. The van der Waals surface area contributed by atoms with Crippen molar-refractivity contribution < 1.29 is 19.4 Å². The maximum absolute atomic E-state index is 11.9. The average Bonchev–Trinajstić information content (AvgIpc) is 2.62. The van der Waals surface area contributed by atoms with E-state index in [9.17, 15) is 14.7 Å². The smallest absolute Gasteiger partial charge is 0.296 e. The predicted octanol–water partition coefficient (Wildman–Crippen LogP) is 1.99. The quantitative estimate of drug-likeness (QED) is 0.853. The van der Waals surface area contributed by atoms with Crippen LogP contribution in [0, 0.1) is 5.92 Å². The third-order valence-electron chi connectivity index (χ3n) is 2.99. The molecular formula is C15H17NO4. The third kappa shape index (κ3) is 2.52. The molecule has 5 nitrogen and oxygen atoms in total. The van der Waals surface area contributed by atoms with Crippen LogP contribution in [-0.4, -0.2) is 35.5 Å². The Balaban J connectivity index is 2.22. The van der Waals surface area contributed by atoms with Gasteiger partial charge in [-0.15, -0.1) is 0 Å². The zero-order valence-electron chi connectivity index (χ0n) is 11.7. The van der Waals surface area contributed by atoms with Crippen molar-refractivity contribution in [2.45, 2.75) is 13.8 Å². The lowest BCUT2D eigenvalue weighted by atomic mass is 10.1. The Morgan fingerprint density at radius 3 is 2.20 bits per heavy atom. The molecule has 0 saturated heterocycles. The first kappa shape index (κ1) is 14.1. The molecule has 0 atom stereocenters. The number of imide groups is 1. The molecule has 1 aliphatic rings. The first-order valence-electron chi connectivity index (χ1n) is 6.40. The number of amides is 2. The molecule has 106 valence electrons. The number of nitrogens with zero attached hydrogens (tertiary/aromatic N) is 1. The number of ether oxygens (including phenoxy) is 1. The molecule has 20 heavy (non-hydrogen) atoms. The Morgan fingerprint density at radius 2 is 1.75 bits per heavy atom. The van der Waals surface area contributed by atoms with Gasteiger partial charge in [-0.3, -0.25) is 14.5 Å². The van der Waals surface area contributed by atoms with Gasteiger partial charge in [-0.05, 0) is 23.6 Å². The monoisotopic (exact) mass is 275 g/mol. The van der Waals surface area contributed by atoms with Crippen molar-refractivity contribution in [3.05, 3.63) is 35.6 Å². The van der Waals surface area contributed by atoms with Crippen molar-refractivity contribution in [2.24, 2.45) is 5.92 Å². The van der Waals surface area contributed by atoms with Gasteiger partial charge in [0.05, 0.1) is 12.2 Å². The fraction of sp³-hybridized carbons (Fsp3) is 0.333. The topological polar surface area (TPSA) is 66.8 Å². The van der Waals surface area contributed by atoms with E-state index in [1.807, 2.05) is 0 Å². The highest BCUT2D eigenvalue weighted by Crippen LogP contribution is 2.28. The van der Waals surface area contributed by atoms with E-state index in [1.165, 1.54) is 7.05 Å². The van der Waals surface area contributed by atoms with Crippen LogP contribution in [0.5, 0.6) is 5.75 Å². The highest BCUT2D eigenvalue weighted by molar-refractivity contribution is 6.34. The Morgan fingerprint density at radius 1 is 1.15 bits per heavy atom. The van der Waals surface area contributed by atoms with Crippen LogP contribution < -0.4 is 4.74 Å². The second-order valence-electron chi connectivity index (χ2n) is 5.12. The number of aliphatic hydroxyl groups excluding tert-OH is 1. The second-order valence-corrected chi connectivity index (χ2v) is 5.12. The van der Waals surface area contributed by atoms with Crippen LogP contribution in [0.25, 0.3) is 5.57 Å². The van der Waals surface area contributed by atoms with Crippen molar-refractivity contribution in [2.75, 3.05) is 13.7 Å². The molecular weight excluding hydrogens is 258 g/mol. The molecule has 1 aliphatic heterocycles. The summed E-state index contributed by atoms with van der Waals surface area (Å²) in [7, 11) is 1.34. The summed E-state index contributed by atoms with van der Waals surface area (Å²) < 4.78 is 5.54. The van der Waals surface area contributed by atoms with E-state index in [4.69, 9.17) is 4.74 Å². The lowest BCUT2D eigenvalue weighted by Gasteiger charge is -2.09. The first-order chi connectivity index (χ1) is 9.41. The molecule has 1 heterocycles. The van der Waals surface area contributed by atoms with Gasteiger partial charge in [0.1, 0.15) is 5.75 Å². The summed E-state index contributed by atoms with van der Waals surface area (Å²) in [5, 5.41) is 9.73. The van der Waals surface area contributed by atoms with Crippen LogP contribution >= 0.6 is 0 Å². The summed E-state index contributed by atoms with van der Waals surface area (Å²) in [6, 6.07) is 6.75. The molecule has 1 N–H and O–H groups in total. The van der Waals surface area contributed by atoms with Crippen LogP contribution in [0.3, 0.4) is 0 Å². The predicted molar refractivity (Wildman–Crippen MR) is 74.1 cm³/mol. The van der Waals surface area contributed by atoms with E-state index < -0.39 is 17.6 Å². The van der Waals surface area contributed by atoms with Gasteiger partial charge in [-0.25, -0.2) is 0 Å². The summed E-state index contributed by atoms with van der Waals surface area (Å²) in [4.78, 5) is 24.3. The first-order valence-corrected chi connectivity index (χ1v) is 6.40. The molecule has 0 aliphatic carbocycles. The van der Waals surface area contributed by atoms with Gasteiger partial charge in [-0.1, -0.05) is 26.0 Å². The van der Waals surface area contributed by atoms with Crippen molar-refractivity contribution in [3.8, 4) is 5.75 Å². The molecule has 2 amide bonds. The molecule has 5 heteroatoms. The van der Waals surface area contributed by atoms with Crippen molar-refractivity contribution in [1.82, 2.24) is 4.90 Å². The van der Waals surface area contributed by atoms with Gasteiger partial charge < -0.3 is 9.84 Å². The van der Waals surface area contributed by atoms with E-state index in [1.54, 1.807) is 24.3 Å². The Bertz CT molecular complexity index is 572. The van der Waals surface area contributed by atoms with Crippen LogP contribution in [0.1, 0.15) is 19.4 Å². The number of hydrogen-bond donors (Lipinski definition) is 1. The molecule has 0 unspecified atom stereocenters. The summed E-state index contributed by atoms with van der Waals surface area (Å²) in [6.45, 7) is 4.71. The van der Waals surface area contributed by atoms with Gasteiger partial charge in [0, 0.05) is 7.05 Å².